The molecule has 5 heteroatoms. The molecule has 0 amide bonds. The van der Waals surface area contributed by atoms with Crippen LogP contribution in [0.1, 0.15) is 12.5 Å². The maximum absolute atomic E-state index is 13.2. The summed E-state index contributed by atoms with van der Waals surface area (Å²) in [6.45, 7) is 5.11. The summed E-state index contributed by atoms with van der Waals surface area (Å²) in [5, 5.41) is 14.4. The highest BCUT2D eigenvalue weighted by Crippen LogP contribution is 2.51. The van der Waals surface area contributed by atoms with E-state index in [2.05, 4.69) is 10.2 Å². The number of nitrogens with zero attached hydrogens (tertiary/aromatic N) is 1. The highest BCUT2D eigenvalue weighted by Gasteiger charge is 2.55. The largest absolute Gasteiger partial charge is 0.383 e. The predicted octanol–water partition coefficient (Wildman–Crippen LogP) is 1.25. The maximum Gasteiger partial charge on any atom is 0.126 e. The molecule has 0 bridgehead atoms. The van der Waals surface area contributed by atoms with Crippen molar-refractivity contribution in [2.75, 3.05) is 33.2 Å². The molecular formula is C18H25FN2O2. The summed E-state index contributed by atoms with van der Waals surface area (Å²) in [7, 11) is 1.98. The molecule has 1 saturated carbocycles. The number of carbonyl (C=O) groups is 1. The first kappa shape index (κ1) is 16.6. The van der Waals surface area contributed by atoms with Gasteiger partial charge in [0, 0.05) is 25.6 Å². The molecule has 1 aromatic carbocycles. The molecule has 0 aromatic heterocycles. The maximum atomic E-state index is 13.2. The fraction of sp³-hybridized carbons (Fsp3) is 0.611. The van der Waals surface area contributed by atoms with E-state index in [4.69, 9.17) is 0 Å². The summed E-state index contributed by atoms with van der Waals surface area (Å²) >= 11 is 0. The number of benzene rings is 1. The molecule has 2 fully saturated rings. The normalized spacial score (nSPS) is 30.5. The lowest BCUT2D eigenvalue weighted by Crippen LogP contribution is -2.46. The number of likely N-dealkylation sites (tertiary alicyclic amines) is 1. The second-order valence-corrected chi connectivity index (χ2v) is 7.10. The third-order valence-electron chi connectivity index (χ3n) is 5.65. The molecule has 1 aliphatic heterocycles. The molecule has 2 aliphatic rings. The number of β-amino-alcohol motifs (C(OH)–C–C–N with tert-alkyl or cyclic N) is 1. The van der Waals surface area contributed by atoms with Crippen molar-refractivity contribution in [3.63, 3.8) is 0 Å². The predicted molar refractivity (Wildman–Crippen MR) is 86.4 cm³/mol. The molecule has 2 N–H and O–H groups in total. The number of aldehydes is 1. The molecule has 0 spiro atoms. The quantitative estimate of drug-likeness (QED) is 0.743. The van der Waals surface area contributed by atoms with Crippen LogP contribution >= 0.6 is 0 Å². The second-order valence-electron chi connectivity index (χ2n) is 7.10. The Morgan fingerprint density at radius 2 is 2.00 bits per heavy atom. The van der Waals surface area contributed by atoms with Gasteiger partial charge in [-0.25, -0.2) is 4.39 Å². The summed E-state index contributed by atoms with van der Waals surface area (Å²) in [5.74, 6) is 1.27. The Morgan fingerprint density at radius 1 is 1.39 bits per heavy atom. The molecule has 1 aromatic rings. The van der Waals surface area contributed by atoms with E-state index in [0.29, 0.717) is 23.9 Å². The molecule has 1 saturated heterocycles. The van der Waals surface area contributed by atoms with Gasteiger partial charge in [0.1, 0.15) is 17.7 Å². The standard InChI is InChI=1S/C18H25FN2O2/c1-12(10-22)18(23,13-3-5-14(19)6-4-13)11-21-8-16-15(7-20-2)17(16)9-21/h3-6,10,12,15-17,20,23H,7-9,11H2,1-2H3. The lowest BCUT2D eigenvalue weighted by molar-refractivity contribution is -0.121. The number of piperidine rings is 1. The summed E-state index contributed by atoms with van der Waals surface area (Å²) in [5.41, 5.74) is -0.670. The first-order chi connectivity index (χ1) is 11.0. The van der Waals surface area contributed by atoms with E-state index in [-0.39, 0.29) is 5.82 Å². The number of aliphatic hydroxyl groups is 1. The average molecular weight is 320 g/mol. The van der Waals surface area contributed by atoms with E-state index in [9.17, 15) is 14.3 Å². The van der Waals surface area contributed by atoms with E-state index in [1.807, 2.05) is 7.05 Å². The minimum Gasteiger partial charge on any atom is -0.383 e. The van der Waals surface area contributed by atoms with Gasteiger partial charge in [-0.15, -0.1) is 0 Å². The lowest BCUT2D eigenvalue weighted by atomic mass is 9.82. The van der Waals surface area contributed by atoms with Gasteiger partial charge in [-0.3, -0.25) is 4.90 Å². The van der Waals surface area contributed by atoms with Gasteiger partial charge in [-0.05, 0) is 49.0 Å². The lowest BCUT2D eigenvalue weighted by Gasteiger charge is -2.36. The van der Waals surface area contributed by atoms with Gasteiger partial charge in [-0.1, -0.05) is 19.1 Å². The number of rotatable bonds is 7. The van der Waals surface area contributed by atoms with Gasteiger partial charge in [0.25, 0.3) is 0 Å². The van der Waals surface area contributed by atoms with Crippen LogP contribution in [0.2, 0.25) is 0 Å². The molecule has 0 radical (unpaired) electrons. The Balaban J connectivity index is 1.71. The zero-order valence-electron chi connectivity index (χ0n) is 13.7. The SMILES string of the molecule is CNCC1C2CN(CC(O)(c3ccc(F)cc3)C(C)C=O)CC12. The summed E-state index contributed by atoms with van der Waals surface area (Å²) in [6.07, 6.45) is 0.782. The highest BCUT2D eigenvalue weighted by atomic mass is 19.1. The number of hydrogen-bond acceptors (Lipinski definition) is 4. The Hall–Kier alpha value is -1.30. The summed E-state index contributed by atoms with van der Waals surface area (Å²) < 4.78 is 13.2. The van der Waals surface area contributed by atoms with Crippen molar-refractivity contribution >= 4 is 6.29 Å². The van der Waals surface area contributed by atoms with Gasteiger partial charge in [0.2, 0.25) is 0 Å². The fourth-order valence-corrected chi connectivity index (χ4v) is 4.09. The van der Waals surface area contributed by atoms with E-state index in [1.165, 1.54) is 12.1 Å². The zero-order valence-corrected chi connectivity index (χ0v) is 13.7. The summed E-state index contributed by atoms with van der Waals surface area (Å²) in [4.78, 5) is 13.6. The van der Waals surface area contributed by atoms with Crippen LogP contribution in [0.5, 0.6) is 0 Å². The molecule has 4 atom stereocenters. The van der Waals surface area contributed by atoms with Gasteiger partial charge in [-0.2, -0.15) is 0 Å². The Kier molecular flexibility index (Phi) is 4.54. The number of nitrogens with one attached hydrogen (secondary N) is 1. The van der Waals surface area contributed by atoms with E-state index < -0.39 is 11.5 Å². The van der Waals surface area contributed by atoms with Crippen LogP contribution in [-0.4, -0.2) is 49.5 Å². The van der Waals surface area contributed by atoms with Crippen LogP contribution in [0.3, 0.4) is 0 Å². The molecule has 126 valence electrons. The van der Waals surface area contributed by atoms with Crippen molar-refractivity contribution in [1.29, 1.82) is 0 Å². The third kappa shape index (κ3) is 3.05. The van der Waals surface area contributed by atoms with Gasteiger partial charge >= 0.3 is 0 Å². The zero-order chi connectivity index (χ0) is 16.6. The van der Waals surface area contributed by atoms with Crippen LogP contribution in [-0.2, 0) is 10.4 Å². The van der Waals surface area contributed by atoms with Gasteiger partial charge in [0.15, 0.2) is 0 Å². The van der Waals surface area contributed by atoms with Crippen LogP contribution in [0, 0.1) is 29.5 Å². The molecule has 23 heavy (non-hydrogen) atoms. The van der Waals surface area contributed by atoms with Crippen molar-refractivity contribution in [1.82, 2.24) is 10.2 Å². The Bertz CT molecular complexity index is 553. The van der Waals surface area contributed by atoms with Crippen LogP contribution < -0.4 is 5.32 Å². The van der Waals surface area contributed by atoms with E-state index in [0.717, 1.165) is 31.8 Å². The minimum atomic E-state index is -1.27. The first-order valence-electron chi connectivity index (χ1n) is 8.30. The van der Waals surface area contributed by atoms with Crippen molar-refractivity contribution in [2.24, 2.45) is 23.7 Å². The van der Waals surface area contributed by atoms with Crippen molar-refractivity contribution in [3.05, 3.63) is 35.6 Å². The molecule has 3 rings (SSSR count). The molecule has 1 aliphatic carbocycles. The number of halogens is 1. The van der Waals surface area contributed by atoms with Crippen molar-refractivity contribution in [2.45, 2.75) is 12.5 Å². The van der Waals surface area contributed by atoms with Crippen LogP contribution in [0.4, 0.5) is 4.39 Å². The van der Waals surface area contributed by atoms with Crippen molar-refractivity contribution in [3.8, 4) is 0 Å². The van der Waals surface area contributed by atoms with E-state index >= 15 is 0 Å². The van der Waals surface area contributed by atoms with Gasteiger partial charge in [0.05, 0.1) is 0 Å². The van der Waals surface area contributed by atoms with Crippen LogP contribution in [0.15, 0.2) is 24.3 Å². The molecular weight excluding hydrogens is 295 g/mol. The molecule has 1 heterocycles. The molecule has 4 unspecified atom stereocenters. The third-order valence-corrected chi connectivity index (χ3v) is 5.65. The van der Waals surface area contributed by atoms with Gasteiger partial charge < -0.3 is 15.2 Å². The highest BCUT2D eigenvalue weighted by molar-refractivity contribution is 5.56. The minimum absolute atomic E-state index is 0.341. The van der Waals surface area contributed by atoms with Crippen molar-refractivity contribution < 1.29 is 14.3 Å². The average Bonchev–Trinajstić information content (AvgIpc) is 2.99. The van der Waals surface area contributed by atoms with E-state index in [1.54, 1.807) is 19.1 Å². The number of hydrogen-bond donors (Lipinski definition) is 2. The summed E-state index contributed by atoms with van der Waals surface area (Å²) in [6, 6.07) is 5.83. The van der Waals surface area contributed by atoms with Crippen LogP contribution in [0.25, 0.3) is 0 Å². The topological polar surface area (TPSA) is 52.6 Å². The second kappa shape index (κ2) is 6.30. The first-order valence-corrected chi connectivity index (χ1v) is 8.30. The monoisotopic (exact) mass is 320 g/mol. The number of fused-ring (bicyclic) bond motifs is 1. The Labute approximate surface area is 136 Å². The fourth-order valence-electron chi connectivity index (χ4n) is 4.09. The molecule has 4 nitrogen and oxygen atoms in total. The number of carbonyl (C=O) groups excluding carboxylic acids is 1. The smallest absolute Gasteiger partial charge is 0.126 e. The Morgan fingerprint density at radius 3 is 2.52 bits per heavy atom.